The number of rotatable bonds is 4. The van der Waals surface area contributed by atoms with E-state index in [1.165, 1.54) is 6.07 Å². The molecule has 0 spiro atoms. The number of alkyl halides is 3. The van der Waals surface area contributed by atoms with E-state index in [2.05, 4.69) is 29.1 Å². The van der Waals surface area contributed by atoms with E-state index in [-0.39, 0.29) is 11.6 Å². The second kappa shape index (κ2) is 7.08. The van der Waals surface area contributed by atoms with Gasteiger partial charge in [0, 0.05) is 32.6 Å². The Bertz CT molecular complexity index is 780. The van der Waals surface area contributed by atoms with Gasteiger partial charge in [0.1, 0.15) is 5.82 Å². The number of piperazine rings is 1. The monoisotopic (exact) mass is 370 g/mol. The van der Waals surface area contributed by atoms with Crippen LogP contribution in [0, 0.1) is 5.92 Å². The third kappa shape index (κ3) is 3.88. The molecule has 0 atom stereocenters. The molecule has 0 radical (unpaired) electrons. The Balaban J connectivity index is 1.69. The Hall–Kier alpha value is -2.39. The largest absolute Gasteiger partial charge is 0.453 e. The molecule has 0 aliphatic carbocycles. The van der Waals surface area contributed by atoms with Crippen LogP contribution in [-0.2, 0) is 11.0 Å². The number of carbonyl (C=O) groups excluding carboxylic acids is 1. The molecule has 0 N–H and O–H groups in total. The number of hydrogen-bond acceptors (Lipinski definition) is 5. The first-order valence-electron chi connectivity index (χ1n) is 8.58. The highest BCUT2D eigenvalue weighted by molar-refractivity contribution is 5.76. The lowest BCUT2D eigenvalue weighted by atomic mass is 10.1. The van der Waals surface area contributed by atoms with Crippen LogP contribution in [0.3, 0.4) is 0 Å². The van der Waals surface area contributed by atoms with Crippen molar-refractivity contribution < 1.29 is 18.0 Å². The van der Waals surface area contributed by atoms with Crippen molar-refractivity contribution in [3.05, 3.63) is 18.0 Å². The van der Waals surface area contributed by atoms with E-state index in [0.717, 1.165) is 10.9 Å². The van der Waals surface area contributed by atoms with Gasteiger partial charge >= 0.3 is 6.18 Å². The van der Waals surface area contributed by atoms with E-state index < -0.39 is 12.0 Å². The molecule has 142 valence electrons. The van der Waals surface area contributed by atoms with Crippen molar-refractivity contribution in [1.29, 1.82) is 0 Å². The molecule has 2 aromatic heterocycles. The maximum atomic E-state index is 13.0. The number of hydrogen-bond donors (Lipinski definition) is 0. The van der Waals surface area contributed by atoms with Gasteiger partial charge in [-0.1, -0.05) is 13.8 Å². The van der Waals surface area contributed by atoms with Crippen molar-refractivity contribution in [2.75, 3.05) is 31.1 Å². The number of anilines is 1. The third-order valence-corrected chi connectivity index (χ3v) is 4.39. The summed E-state index contributed by atoms with van der Waals surface area (Å²) in [7, 11) is 0. The highest BCUT2D eigenvalue weighted by Crippen LogP contribution is 2.28. The van der Waals surface area contributed by atoms with Crippen LogP contribution in [0.15, 0.2) is 12.1 Å². The smallest absolute Gasteiger partial charge is 0.352 e. The minimum atomic E-state index is -4.62. The predicted octanol–water partition coefficient (Wildman–Crippen LogP) is 2.23. The molecule has 1 aliphatic heterocycles. The van der Waals surface area contributed by atoms with Crippen LogP contribution in [0.5, 0.6) is 0 Å². The molecule has 1 fully saturated rings. The van der Waals surface area contributed by atoms with Crippen LogP contribution in [0.4, 0.5) is 19.0 Å². The summed E-state index contributed by atoms with van der Waals surface area (Å²) in [5.74, 6) is -0.128. The Kier molecular flexibility index (Phi) is 5.01. The van der Waals surface area contributed by atoms with Gasteiger partial charge in [-0.25, -0.2) is 0 Å². The van der Waals surface area contributed by atoms with E-state index in [0.29, 0.717) is 44.3 Å². The molecule has 26 heavy (non-hydrogen) atoms. The van der Waals surface area contributed by atoms with Gasteiger partial charge in [-0.05, 0) is 24.5 Å². The van der Waals surface area contributed by atoms with Crippen molar-refractivity contribution >= 4 is 17.4 Å². The minimum absolute atomic E-state index is 0.0450. The molecule has 0 bridgehead atoms. The first-order chi connectivity index (χ1) is 12.3. The third-order valence-electron chi connectivity index (χ3n) is 4.39. The molecule has 1 saturated heterocycles. The molecule has 1 aliphatic rings. The zero-order valence-electron chi connectivity index (χ0n) is 14.7. The highest BCUT2D eigenvalue weighted by atomic mass is 19.4. The second-order valence-corrected chi connectivity index (χ2v) is 6.78. The maximum absolute atomic E-state index is 13.0. The lowest BCUT2D eigenvalue weighted by molar-refractivity contribution is -0.146. The lowest BCUT2D eigenvalue weighted by Gasteiger charge is -2.35. The Morgan fingerprint density at radius 1 is 1.15 bits per heavy atom. The zero-order chi connectivity index (χ0) is 18.9. The van der Waals surface area contributed by atoms with Crippen LogP contribution in [0.1, 0.15) is 32.5 Å². The van der Waals surface area contributed by atoms with Gasteiger partial charge < -0.3 is 9.80 Å². The molecule has 3 rings (SSSR count). The Labute approximate surface area is 148 Å². The fourth-order valence-electron chi connectivity index (χ4n) is 2.88. The molecule has 2 aromatic rings. The van der Waals surface area contributed by atoms with Crippen molar-refractivity contribution in [2.24, 2.45) is 5.92 Å². The molecule has 1 amide bonds. The van der Waals surface area contributed by atoms with Gasteiger partial charge in [-0.3, -0.25) is 4.79 Å². The summed E-state index contributed by atoms with van der Waals surface area (Å²) in [4.78, 5) is 15.9. The van der Waals surface area contributed by atoms with E-state index in [1.807, 2.05) is 4.90 Å². The second-order valence-electron chi connectivity index (χ2n) is 6.78. The summed E-state index contributed by atoms with van der Waals surface area (Å²) in [5.41, 5.74) is 0.0450. The van der Waals surface area contributed by atoms with Gasteiger partial charge in [0.2, 0.25) is 5.91 Å². The van der Waals surface area contributed by atoms with Crippen molar-refractivity contribution in [1.82, 2.24) is 24.7 Å². The molecule has 10 heteroatoms. The Morgan fingerprint density at radius 3 is 2.46 bits per heavy atom. The normalized spacial score (nSPS) is 15.9. The average Bonchev–Trinajstić information content (AvgIpc) is 3.03. The number of fused-ring (bicyclic) bond motifs is 1. The fourth-order valence-corrected chi connectivity index (χ4v) is 2.88. The van der Waals surface area contributed by atoms with Crippen molar-refractivity contribution in [3.63, 3.8) is 0 Å². The summed E-state index contributed by atoms with van der Waals surface area (Å²) in [6.07, 6.45) is -3.24. The molecule has 0 saturated carbocycles. The van der Waals surface area contributed by atoms with Gasteiger partial charge in [0.15, 0.2) is 5.65 Å². The van der Waals surface area contributed by atoms with Crippen LogP contribution in [0.2, 0.25) is 0 Å². The summed E-state index contributed by atoms with van der Waals surface area (Å²) < 4.78 is 39.6. The summed E-state index contributed by atoms with van der Waals surface area (Å²) in [5, 5.41) is 10.7. The van der Waals surface area contributed by atoms with Gasteiger partial charge in [0.25, 0.3) is 5.82 Å². The van der Waals surface area contributed by atoms with Crippen LogP contribution < -0.4 is 4.90 Å². The van der Waals surface area contributed by atoms with Crippen LogP contribution in [-0.4, -0.2) is 56.8 Å². The molecule has 0 aromatic carbocycles. The maximum Gasteiger partial charge on any atom is 0.453 e. The molecule has 7 nitrogen and oxygen atoms in total. The molecule has 0 unspecified atom stereocenters. The van der Waals surface area contributed by atoms with Crippen LogP contribution in [0.25, 0.3) is 5.65 Å². The van der Waals surface area contributed by atoms with Gasteiger partial charge in [0.05, 0.1) is 0 Å². The summed E-state index contributed by atoms with van der Waals surface area (Å²) in [6.45, 7) is 6.26. The van der Waals surface area contributed by atoms with Gasteiger partial charge in [-0.2, -0.15) is 17.7 Å². The molecular weight excluding hydrogens is 349 g/mol. The van der Waals surface area contributed by atoms with E-state index in [4.69, 9.17) is 0 Å². The van der Waals surface area contributed by atoms with Crippen LogP contribution >= 0.6 is 0 Å². The number of amides is 1. The first-order valence-corrected chi connectivity index (χ1v) is 8.58. The fraction of sp³-hybridized carbons (Fsp3) is 0.625. The molecular formula is C16H21F3N6O. The highest BCUT2D eigenvalue weighted by Gasteiger charge is 2.37. The summed E-state index contributed by atoms with van der Waals surface area (Å²) in [6, 6.07) is 3.09. The van der Waals surface area contributed by atoms with E-state index in [1.54, 1.807) is 11.0 Å². The van der Waals surface area contributed by atoms with Crippen molar-refractivity contribution in [3.8, 4) is 0 Å². The number of aromatic nitrogens is 4. The molecule has 3 heterocycles. The average molecular weight is 370 g/mol. The Morgan fingerprint density at radius 2 is 1.85 bits per heavy atom. The van der Waals surface area contributed by atoms with Crippen molar-refractivity contribution in [2.45, 2.75) is 32.9 Å². The first kappa shape index (κ1) is 18.4. The summed E-state index contributed by atoms with van der Waals surface area (Å²) >= 11 is 0. The zero-order valence-corrected chi connectivity index (χ0v) is 14.7. The van der Waals surface area contributed by atoms with E-state index >= 15 is 0 Å². The SMILES string of the molecule is CC(C)CCC(=O)N1CCN(c2ccc3nnc(C(F)(F)F)n3n2)CC1. The predicted molar refractivity (Wildman–Crippen MR) is 88.6 cm³/mol. The number of halogens is 3. The van der Waals surface area contributed by atoms with E-state index in [9.17, 15) is 18.0 Å². The van der Waals surface area contributed by atoms with Gasteiger partial charge in [-0.15, -0.1) is 15.3 Å². The number of nitrogens with zero attached hydrogens (tertiary/aromatic N) is 6. The topological polar surface area (TPSA) is 66.6 Å². The number of carbonyl (C=O) groups is 1. The quantitative estimate of drug-likeness (QED) is 0.826. The lowest BCUT2D eigenvalue weighted by Crippen LogP contribution is -2.49. The minimum Gasteiger partial charge on any atom is -0.352 e. The standard InChI is InChI=1S/C16H21F3N6O/c1-11(2)3-6-14(26)24-9-7-23(8-10-24)13-5-4-12-20-21-15(16(17,18)19)25(12)22-13/h4-5,11H,3,6-10H2,1-2H3.